The van der Waals surface area contributed by atoms with E-state index in [2.05, 4.69) is 27.7 Å². The van der Waals surface area contributed by atoms with Crippen molar-refractivity contribution in [2.75, 3.05) is 6.61 Å². The lowest BCUT2D eigenvalue weighted by molar-refractivity contribution is 0.00682. The highest BCUT2D eigenvalue weighted by molar-refractivity contribution is 5.19. The summed E-state index contributed by atoms with van der Waals surface area (Å²) in [6.45, 7) is 9.84. The Morgan fingerprint density at radius 1 is 1.28 bits per heavy atom. The van der Waals surface area contributed by atoms with E-state index in [1.54, 1.807) is 5.57 Å². The summed E-state index contributed by atoms with van der Waals surface area (Å²) in [4.78, 5) is 0. The van der Waals surface area contributed by atoms with Crippen LogP contribution in [0.5, 0.6) is 0 Å². The molecule has 0 aromatic heterocycles. The van der Waals surface area contributed by atoms with Crippen LogP contribution in [0, 0.1) is 23.2 Å². The maximum atomic E-state index is 9.50. The molecule has 0 amide bonds. The van der Waals surface area contributed by atoms with Crippen molar-refractivity contribution in [2.45, 2.75) is 66.2 Å². The molecule has 0 bridgehead atoms. The highest BCUT2D eigenvalue weighted by Crippen LogP contribution is 2.54. The number of hydrogen-bond acceptors (Lipinski definition) is 1. The van der Waals surface area contributed by atoms with Crippen molar-refractivity contribution in [3.63, 3.8) is 0 Å². The molecule has 0 unspecified atom stereocenters. The van der Waals surface area contributed by atoms with Gasteiger partial charge in [-0.25, -0.2) is 0 Å². The maximum Gasteiger partial charge on any atom is 0.0644 e. The van der Waals surface area contributed by atoms with E-state index in [1.807, 2.05) is 0 Å². The topological polar surface area (TPSA) is 20.2 Å². The Morgan fingerprint density at radius 2 is 2.00 bits per heavy atom. The van der Waals surface area contributed by atoms with Crippen molar-refractivity contribution in [2.24, 2.45) is 23.2 Å². The Hall–Kier alpha value is -0.300. The maximum absolute atomic E-state index is 9.50. The lowest BCUT2D eigenvalue weighted by Crippen LogP contribution is -2.42. The van der Waals surface area contributed by atoms with Crippen LogP contribution in [0.15, 0.2) is 11.1 Å². The first-order valence-corrected chi connectivity index (χ1v) is 7.81. The molecule has 2 saturated carbocycles. The molecule has 3 atom stereocenters. The van der Waals surface area contributed by atoms with Gasteiger partial charge in [-0.2, -0.15) is 0 Å². The summed E-state index contributed by atoms with van der Waals surface area (Å²) >= 11 is 0. The molecule has 0 saturated heterocycles. The smallest absolute Gasteiger partial charge is 0.0644 e. The van der Waals surface area contributed by atoms with Gasteiger partial charge in [0.25, 0.3) is 0 Å². The average Bonchev–Trinajstić information content (AvgIpc) is 2.36. The van der Waals surface area contributed by atoms with Gasteiger partial charge in [-0.05, 0) is 67.3 Å². The molecular formula is C17H30O. The van der Waals surface area contributed by atoms with Crippen molar-refractivity contribution in [1.29, 1.82) is 0 Å². The lowest BCUT2D eigenvalue weighted by Gasteiger charge is -2.51. The number of allylic oxidation sites excluding steroid dienone is 1. The van der Waals surface area contributed by atoms with E-state index in [9.17, 15) is 5.11 Å². The molecule has 0 spiro atoms. The van der Waals surface area contributed by atoms with E-state index in [4.69, 9.17) is 0 Å². The van der Waals surface area contributed by atoms with Crippen molar-refractivity contribution in [1.82, 2.24) is 0 Å². The van der Waals surface area contributed by atoms with Crippen molar-refractivity contribution in [3.05, 3.63) is 11.1 Å². The second-order valence-electron chi connectivity index (χ2n) is 7.13. The van der Waals surface area contributed by atoms with E-state index in [0.29, 0.717) is 5.41 Å². The van der Waals surface area contributed by atoms with Crippen LogP contribution in [0.25, 0.3) is 0 Å². The van der Waals surface area contributed by atoms with Crippen molar-refractivity contribution >= 4 is 0 Å². The minimum Gasteiger partial charge on any atom is -0.392 e. The van der Waals surface area contributed by atoms with Crippen LogP contribution in [-0.2, 0) is 0 Å². The van der Waals surface area contributed by atoms with E-state index in [0.717, 1.165) is 24.2 Å². The second kappa shape index (κ2) is 5.36. The minimum atomic E-state index is 0.277. The zero-order chi connectivity index (χ0) is 13.3. The molecule has 0 aromatic rings. The summed E-state index contributed by atoms with van der Waals surface area (Å²) < 4.78 is 0. The van der Waals surface area contributed by atoms with Gasteiger partial charge in [0.1, 0.15) is 0 Å². The van der Waals surface area contributed by atoms with Crippen LogP contribution in [-0.4, -0.2) is 11.7 Å². The Morgan fingerprint density at radius 3 is 2.61 bits per heavy atom. The second-order valence-corrected chi connectivity index (χ2v) is 7.13. The highest BCUT2D eigenvalue weighted by Gasteiger charge is 2.44. The molecule has 0 aliphatic heterocycles. The third-order valence-corrected chi connectivity index (χ3v) is 6.17. The zero-order valence-corrected chi connectivity index (χ0v) is 12.6. The van der Waals surface area contributed by atoms with Crippen LogP contribution in [0.2, 0.25) is 0 Å². The van der Waals surface area contributed by atoms with Crippen molar-refractivity contribution in [3.8, 4) is 0 Å². The fourth-order valence-corrected chi connectivity index (χ4v) is 4.31. The molecule has 0 heterocycles. The summed E-state index contributed by atoms with van der Waals surface area (Å²) in [7, 11) is 0. The summed E-state index contributed by atoms with van der Waals surface area (Å²) in [5.74, 6) is 2.63. The molecule has 104 valence electrons. The summed E-state index contributed by atoms with van der Waals surface area (Å²) in [5, 5.41) is 9.50. The summed E-state index contributed by atoms with van der Waals surface area (Å²) in [6, 6.07) is 0. The molecule has 1 heteroatoms. The number of rotatable bonds is 2. The van der Waals surface area contributed by atoms with E-state index in [1.165, 1.54) is 37.7 Å². The average molecular weight is 250 g/mol. The molecule has 1 N–H and O–H groups in total. The Labute approximate surface area is 113 Å². The first kappa shape index (κ1) is 14.1. The molecule has 18 heavy (non-hydrogen) atoms. The van der Waals surface area contributed by atoms with Gasteiger partial charge in [0.2, 0.25) is 0 Å². The normalized spacial score (nSPS) is 38.2. The van der Waals surface area contributed by atoms with Gasteiger partial charge < -0.3 is 5.11 Å². The molecule has 1 nitrogen and oxygen atoms in total. The number of aliphatic hydroxyl groups is 1. The van der Waals surface area contributed by atoms with Gasteiger partial charge in [0.05, 0.1) is 6.61 Å². The molecule has 2 fully saturated rings. The Balaban J connectivity index is 2.21. The first-order chi connectivity index (χ1) is 8.50. The Kier molecular flexibility index (Phi) is 4.21. The monoisotopic (exact) mass is 250 g/mol. The summed E-state index contributed by atoms with van der Waals surface area (Å²) in [6.07, 6.45) is 7.73. The Bertz CT molecular complexity index is 321. The lowest BCUT2D eigenvalue weighted by atomic mass is 9.54. The number of hydrogen-bond donors (Lipinski definition) is 1. The van der Waals surface area contributed by atoms with Gasteiger partial charge in [-0.15, -0.1) is 0 Å². The zero-order valence-electron chi connectivity index (χ0n) is 12.6. The molecule has 2 aliphatic carbocycles. The number of fused-ring (bicyclic) bond motifs is 1. The molecular weight excluding hydrogens is 220 g/mol. The van der Waals surface area contributed by atoms with Crippen LogP contribution < -0.4 is 0 Å². The van der Waals surface area contributed by atoms with Crippen molar-refractivity contribution < 1.29 is 5.11 Å². The standard InChI is InChI=1S/C17H30O/c1-5-13(11-18)15-9-8-14-7-6-12(2)17(3,4)16(14)10-15/h12,14,16,18H,5-11H2,1-4H3/t12-,14-,16+/m0/s1. The van der Waals surface area contributed by atoms with Gasteiger partial charge in [0.15, 0.2) is 0 Å². The SMILES string of the molecule is CCC(CO)=C1CC[C@@H]2CC[C@H](C)C(C)(C)[C@@H]2C1. The fourth-order valence-electron chi connectivity index (χ4n) is 4.31. The molecule has 0 radical (unpaired) electrons. The molecule has 2 rings (SSSR count). The van der Waals surface area contributed by atoms with Crippen LogP contribution >= 0.6 is 0 Å². The fraction of sp³-hybridized carbons (Fsp3) is 0.882. The van der Waals surface area contributed by atoms with E-state index >= 15 is 0 Å². The predicted octanol–water partition coefficient (Wildman–Crippen LogP) is 4.56. The molecule has 2 aliphatic rings. The van der Waals surface area contributed by atoms with Gasteiger partial charge >= 0.3 is 0 Å². The first-order valence-electron chi connectivity index (χ1n) is 7.81. The van der Waals surface area contributed by atoms with Gasteiger partial charge in [-0.3, -0.25) is 0 Å². The van der Waals surface area contributed by atoms with Gasteiger partial charge in [0, 0.05) is 0 Å². The highest BCUT2D eigenvalue weighted by atomic mass is 16.3. The van der Waals surface area contributed by atoms with Crippen LogP contribution in [0.3, 0.4) is 0 Å². The predicted molar refractivity (Wildman–Crippen MR) is 77.4 cm³/mol. The third kappa shape index (κ3) is 2.39. The molecule has 0 aromatic carbocycles. The largest absolute Gasteiger partial charge is 0.392 e. The van der Waals surface area contributed by atoms with Crippen LogP contribution in [0.4, 0.5) is 0 Å². The third-order valence-electron chi connectivity index (χ3n) is 6.17. The quantitative estimate of drug-likeness (QED) is 0.712. The van der Waals surface area contributed by atoms with Gasteiger partial charge in [-0.1, -0.05) is 33.3 Å². The van der Waals surface area contributed by atoms with E-state index in [-0.39, 0.29) is 6.61 Å². The van der Waals surface area contributed by atoms with E-state index < -0.39 is 0 Å². The minimum absolute atomic E-state index is 0.277. The van der Waals surface area contributed by atoms with Crippen LogP contribution in [0.1, 0.15) is 66.2 Å². The number of aliphatic hydroxyl groups excluding tert-OH is 1. The summed E-state index contributed by atoms with van der Waals surface area (Å²) in [5.41, 5.74) is 3.38.